The van der Waals surface area contributed by atoms with Crippen LogP contribution in [0.25, 0.3) is 11.1 Å². The summed E-state index contributed by atoms with van der Waals surface area (Å²) in [5.41, 5.74) is 4.68. The molecular weight excluding hydrogens is 330 g/mol. The first-order valence-electron chi connectivity index (χ1n) is 8.66. The number of carboxylic acid groups (broad SMARTS) is 1. The lowest BCUT2D eigenvalue weighted by atomic mass is 9.98. The lowest BCUT2D eigenvalue weighted by Gasteiger charge is -2.16. The van der Waals surface area contributed by atoms with Crippen molar-refractivity contribution >= 4 is 12.1 Å². The van der Waals surface area contributed by atoms with Crippen molar-refractivity contribution in [2.24, 2.45) is 5.92 Å². The van der Waals surface area contributed by atoms with Crippen LogP contribution in [-0.4, -0.2) is 29.8 Å². The summed E-state index contributed by atoms with van der Waals surface area (Å²) in [5.74, 6) is -1.41. The molecule has 26 heavy (non-hydrogen) atoms. The summed E-state index contributed by atoms with van der Waals surface area (Å²) in [4.78, 5) is 23.1. The van der Waals surface area contributed by atoms with Gasteiger partial charge >= 0.3 is 12.1 Å². The lowest BCUT2D eigenvalue weighted by Crippen LogP contribution is -2.34. The van der Waals surface area contributed by atoms with Gasteiger partial charge in [-0.15, -0.1) is 0 Å². The predicted octanol–water partition coefficient (Wildman–Crippen LogP) is 3.55. The number of rotatable bonds is 4. The molecule has 2 aromatic rings. The SMILES string of the molecule is O=C(N[C@@H]1C=C[C@H](C(=O)O)C1)OCC1c2ccccc2-c2ccccc21. The maximum atomic E-state index is 12.1. The second kappa shape index (κ2) is 6.67. The highest BCUT2D eigenvalue weighted by Crippen LogP contribution is 2.44. The van der Waals surface area contributed by atoms with E-state index >= 15 is 0 Å². The maximum absolute atomic E-state index is 12.1. The molecule has 5 nitrogen and oxygen atoms in total. The lowest BCUT2D eigenvalue weighted by molar-refractivity contribution is -0.140. The minimum absolute atomic E-state index is 0.0130. The van der Waals surface area contributed by atoms with Crippen molar-refractivity contribution in [1.82, 2.24) is 5.32 Å². The molecule has 5 heteroatoms. The first kappa shape index (κ1) is 16.4. The molecule has 0 saturated carbocycles. The van der Waals surface area contributed by atoms with E-state index in [0.29, 0.717) is 6.42 Å². The third kappa shape index (κ3) is 2.96. The summed E-state index contributed by atoms with van der Waals surface area (Å²) in [7, 11) is 0. The molecule has 0 spiro atoms. The third-order valence-electron chi connectivity index (χ3n) is 5.05. The predicted molar refractivity (Wildman–Crippen MR) is 96.9 cm³/mol. The number of amides is 1. The first-order valence-corrected chi connectivity index (χ1v) is 8.66. The van der Waals surface area contributed by atoms with E-state index in [0.717, 1.165) is 11.1 Å². The number of nitrogens with one attached hydrogen (secondary N) is 1. The molecule has 2 aliphatic rings. The van der Waals surface area contributed by atoms with Gasteiger partial charge < -0.3 is 15.2 Å². The summed E-state index contributed by atoms with van der Waals surface area (Å²) in [6, 6.07) is 16.0. The van der Waals surface area contributed by atoms with E-state index in [1.807, 2.05) is 24.3 Å². The third-order valence-corrected chi connectivity index (χ3v) is 5.05. The van der Waals surface area contributed by atoms with Gasteiger partial charge in [-0.1, -0.05) is 60.7 Å². The molecule has 2 atom stereocenters. The van der Waals surface area contributed by atoms with Gasteiger partial charge in [0.15, 0.2) is 0 Å². The van der Waals surface area contributed by atoms with E-state index in [1.54, 1.807) is 12.2 Å². The minimum Gasteiger partial charge on any atom is -0.481 e. The van der Waals surface area contributed by atoms with Crippen molar-refractivity contribution < 1.29 is 19.4 Å². The van der Waals surface area contributed by atoms with Crippen molar-refractivity contribution in [1.29, 1.82) is 0 Å². The number of aliphatic carboxylic acids is 1. The maximum Gasteiger partial charge on any atom is 0.407 e. The van der Waals surface area contributed by atoms with Crippen molar-refractivity contribution in [3.8, 4) is 11.1 Å². The Morgan fingerprint density at radius 2 is 1.62 bits per heavy atom. The van der Waals surface area contributed by atoms with Gasteiger partial charge in [-0.05, 0) is 28.7 Å². The van der Waals surface area contributed by atoms with E-state index in [4.69, 9.17) is 9.84 Å². The highest BCUT2D eigenvalue weighted by Gasteiger charge is 2.30. The summed E-state index contributed by atoms with van der Waals surface area (Å²) >= 11 is 0. The highest BCUT2D eigenvalue weighted by molar-refractivity contribution is 5.79. The van der Waals surface area contributed by atoms with Crippen LogP contribution in [0, 0.1) is 5.92 Å². The van der Waals surface area contributed by atoms with Crippen LogP contribution >= 0.6 is 0 Å². The summed E-state index contributed by atoms with van der Waals surface area (Å²) in [6.45, 7) is 0.249. The standard InChI is InChI=1S/C21H19NO4/c23-20(24)13-9-10-14(11-13)22-21(25)26-12-19-17-7-3-1-5-15(17)16-6-2-4-8-18(16)19/h1-10,13-14,19H,11-12H2,(H,22,25)(H,23,24)/t13-,14+/m0/s1. The normalized spacial score (nSPS) is 20.5. The molecule has 2 aromatic carbocycles. The van der Waals surface area contributed by atoms with Crippen molar-refractivity contribution in [3.63, 3.8) is 0 Å². The van der Waals surface area contributed by atoms with Gasteiger partial charge in [0.1, 0.15) is 6.61 Å². The molecule has 2 aliphatic carbocycles. The van der Waals surface area contributed by atoms with Gasteiger partial charge in [0, 0.05) is 5.92 Å². The first-order chi connectivity index (χ1) is 12.6. The Morgan fingerprint density at radius 1 is 1.00 bits per heavy atom. The van der Waals surface area contributed by atoms with Crippen LogP contribution in [0.4, 0.5) is 4.79 Å². The molecule has 0 aromatic heterocycles. The molecule has 0 aliphatic heterocycles. The molecule has 0 radical (unpaired) electrons. The Hall–Kier alpha value is -3.08. The van der Waals surface area contributed by atoms with E-state index < -0.39 is 18.0 Å². The van der Waals surface area contributed by atoms with Gasteiger partial charge in [0.05, 0.1) is 12.0 Å². The van der Waals surface area contributed by atoms with Crippen LogP contribution in [0.3, 0.4) is 0 Å². The Morgan fingerprint density at radius 3 is 2.19 bits per heavy atom. The fourth-order valence-corrected chi connectivity index (χ4v) is 3.78. The molecule has 4 rings (SSSR count). The number of carbonyl (C=O) groups is 2. The molecule has 0 fully saturated rings. The monoisotopic (exact) mass is 349 g/mol. The molecule has 0 unspecified atom stereocenters. The topological polar surface area (TPSA) is 75.6 Å². The second-order valence-electron chi connectivity index (χ2n) is 6.64. The number of hydrogen-bond acceptors (Lipinski definition) is 3. The Bertz CT molecular complexity index is 844. The van der Waals surface area contributed by atoms with Crippen molar-refractivity contribution in [2.75, 3.05) is 6.61 Å². The fourth-order valence-electron chi connectivity index (χ4n) is 3.78. The summed E-state index contributed by atoms with van der Waals surface area (Å²) in [6.07, 6.45) is 3.16. The van der Waals surface area contributed by atoms with E-state index in [-0.39, 0.29) is 18.6 Å². The largest absolute Gasteiger partial charge is 0.481 e. The number of fused-ring (bicyclic) bond motifs is 3. The highest BCUT2D eigenvalue weighted by atomic mass is 16.5. The number of alkyl carbamates (subject to hydrolysis) is 1. The Labute approximate surface area is 151 Å². The number of hydrogen-bond donors (Lipinski definition) is 2. The average molecular weight is 349 g/mol. The van der Waals surface area contributed by atoms with Gasteiger partial charge in [0.2, 0.25) is 0 Å². The van der Waals surface area contributed by atoms with Gasteiger partial charge in [-0.2, -0.15) is 0 Å². The van der Waals surface area contributed by atoms with Gasteiger partial charge in [0.25, 0.3) is 0 Å². The number of carbonyl (C=O) groups excluding carboxylic acids is 1. The van der Waals surface area contributed by atoms with Gasteiger partial charge in [-0.25, -0.2) is 4.79 Å². The number of ether oxygens (including phenoxy) is 1. The Balaban J connectivity index is 1.41. The van der Waals surface area contributed by atoms with E-state index in [2.05, 4.69) is 29.6 Å². The quantitative estimate of drug-likeness (QED) is 0.828. The van der Waals surface area contributed by atoms with Crippen LogP contribution < -0.4 is 5.32 Å². The summed E-state index contributed by atoms with van der Waals surface area (Å²) < 4.78 is 5.47. The molecular formula is C21H19NO4. The van der Waals surface area contributed by atoms with Crippen LogP contribution in [0.5, 0.6) is 0 Å². The van der Waals surface area contributed by atoms with E-state index in [1.165, 1.54) is 11.1 Å². The molecule has 0 saturated heterocycles. The molecule has 0 heterocycles. The van der Waals surface area contributed by atoms with Crippen LogP contribution in [0.1, 0.15) is 23.5 Å². The summed E-state index contributed by atoms with van der Waals surface area (Å²) in [5, 5.41) is 11.7. The zero-order chi connectivity index (χ0) is 18.1. The second-order valence-corrected chi connectivity index (χ2v) is 6.64. The zero-order valence-corrected chi connectivity index (χ0v) is 14.1. The average Bonchev–Trinajstić information content (AvgIpc) is 3.23. The number of carboxylic acids is 1. The van der Waals surface area contributed by atoms with Crippen molar-refractivity contribution in [2.45, 2.75) is 18.4 Å². The van der Waals surface area contributed by atoms with Gasteiger partial charge in [-0.3, -0.25) is 4.79 Å². The van der Waals surface area contributed by atoms with E-state index in [9.17, 15) is 9.59 Å². The minimum atomic E-state index is -0.877. The van der Waals surface area contributed by atoms with Crippen LogP contribution in [0.2, 0.25) is 0 Å². The molecule has 0 bridgehead atoms. The van der Waals surface area contributed by atoms with Crippen LogP contribution in [0.15, 0.2) is 60.7 Å². The zero-order valence-electron chi connectivity index (χ0n) is 14.1. The van der Waals surface area contributed by atoms with Crippen LogP contribution in [-0.2, 0) is 9.53 Å². The number of benzene rings is 2. The molecule has 2 N–H and O–H groups in total. The molecule has 1 amide bonds. The Kier molecular flexibility index (Phi) is 4.21. The molecule has 132 valence electrons. The fraction of sp³-hybridized carbons (Fsp3) is 0.238. The smallest absolute Gasteiger partial charge is 0.407 e. The van der Waals surface area contributed by atoms with Crippen molar-refractivity contribution in [3.05, 3.63) is 71.8 Å².